The summed E-state index contributed by atoms with van der Waals surface area (Å²) in [5.74, 6) is -0.751. The van der Waals surface area contributed by atoms with Crippen LogP contribution in [0.5, 0.6) is 0 Å². The lowest BCUT2D eigenvalue weighted by molar-refractivity contribution is -0.144. The lowest BCUT2D eigenvalue weighted by Gasteiger charge is -2.09. The van der Waals surface area contributed by atoms with E-state index >= 15 is 0 Å². The minimum absolute atomic E-state index is 0.257. The maximum atomic E-state index is 10.4. The van der Waals surface area contributed by atoms with Crippen molar-refractivity contribution in [1.29, 1.82) is 5.26 Å². The number of carbonyl (C=O) groups excluding carboxylic acids is 1. The van der Waals surface area contributed by atoms with E-state index in [0.29, 0.717) is 0 Å². The monoisotopic (exact) mass is 139 g/mol. The molecule has 0 bridgehead atoms. The van der Waals surface area contributed by atoms with Crippen LogP contribution in [0, 0.1) is 11.3 Å². The first kappa shape index (κ1) is 7.07. The van der Waals surface area contributed by atoms with Crippen molar-refractivity contribution in [3.05, 3.63) is 0 Å². The van der Waals surface area contributed by atoms with E-state index in [0.717, 1.165) is 19.3 Å². The lowest BCUT2D eigenvalue weighted by Crippen LogP contribution is -2.16. The Morgan fingerprint density at radius 1 is 1.80 bits per heavy atom. The second-order valence-corrected chi connectivity index (χ2v) is 2.54. The Balaban J connectivity index is 2.39. The third-order valence-electron chi connectivity index (χ3n) is 1.85. The van der Waals surface area contributed by atoms with Crippen molar-refractivity contribution in [3.8, 4) is 6.07 Å². The van der Waals surface area contributed by atoms with Crippen molar-refractivity contribution < 1.29 is 9.53 Å². The average molecular weight is 139 g/mol. The molecule has 10 heavy (non-hydrogen) atoms. The fourth-order valence-electron chi connectivity index (χ4n) is 0.887. The highest BCUT2D eigenvalue weighted by Gasteiger charge is 2.44. The molecule has 0 heterocycles. The van der Waals surface area contributed by atoms with Crippen molar-refractivity contribution in [2.24, 2.45) is 0 Å². The smallest absolute Gasteiger partial charge is 0.411 e. The summed E-state index contributed by atoms with van der Waals surface area (Å²) in [6.45, 7) is 1.96. The molecule has 0 unspecified atom stereocenters. The van der Waals surface area contributed by atoms with Crippen LogP contribution in [-0.2, 0) is 9.53 Å². The molecule has 1 rings (SSSR count). The fraction of sp³-hybridized carbons (Fsp3) is 0.714. The molecule has 0 aromatic carbocycles. The van der Waals surface area contributed by atoms with E-state index in [1.54, 1.807) is 0 Å². The minimum Gasteiger partial charge on any atom is -0.448 e. The van der Waals surface area contributed by atoms with Crippen molar-refractivity contribution >= 4 is 5.97 Å². The molecule has 1 fully saturated rings. The Hall–Kier alpha value is -1.04. The molecule has 0 aliphatic heterocycles. The van der Waals surface area contributed by atoms with E-state index in [-0.39, 0.29) is 5.60 Å². The summed E-state index contributed by atoms with van der Waals surface area (Å²) >= 11 is 0. The van der Waals surface area contributed by atoms with Crippen LogP contribution in [0.25, 0.3) is 0 Å². The van der Waals surface area contributed by atoms with Gasteiger partial charge in [0.1, 0.15) is 5.60 Å². The molecule has 0 radical (unpaired) electrons. The normalized spacial score (nSPS) is 19.2. The first-order chi connectivity index (χ1) is 4.72. The molecule has 0 amide bonds. The van der Waals surface area contributed by atoms with Crippen LogP contribution < -0.4 is 0 Å². The quantitative estimate of drug-likeness (QED) is 0.423. The van der Waals surface area contributed by atoms with Crippen molar-refractivity contribution in [2.45, 2.75) is 31.8 Å². The summed E-state index contributed by atoms with van der Waals surface area (Å²) in [5.41, 5.74) is -0.257. The number of carbonyl (C=O) groups is 1. The zero-order valence-corrected chi connectivity index (χ0v) is 5.89. The molecule has 0 spiro atoms. The lowest BCUT2D eigenvalue weighted by atomic mass is 10.2. The van der Waals surface area contributed by atoms with Gasteiger partial charge in [-0.2, -0.15) is 5.26 Å². The van der Waals surface area contributed by atoms with E-state index < -0.39 is 5.97 Å². The van der Waals surface area contributed by atoms with Gasteiger partial charge < -0.3 is 4.74 Å². The van der Waals surface area contributed by atoms with Crippen LogP contribution in [0.15, 0.2) is 0 Å². The number of hydrogen-bond acceptors (Lipinski definition) is 3. The largest absolute Gasteiger partial charge is 0.448 e. The molecule has 3 nitrogen and oxygen atoms in total. The molecule has 0 aromatic rings. The first-order valence-electron chi connectivity index (χ1n) is 3.35. The number of esters is 1. The van der Waals surface area contributed by atoms with Crippen LogP contribution >= 0.6 is 0 Å². The van der Waals surface area contributed by atoms with Crippen LogP contribution in [0.1, 0.15) is 26.2 Å². The summed E-state index contributed by atoms with van der Waals surface area (Å²) in [6.07, 6.45) is 2.65. The van der Waals surface area contributed by atoms with Gasteiger partial charge in [-0.3, -0.25) is 0 Å². The molecule has 3 heteroatoms. The summed E-state index contributed by atoms with van der Waals surface area (Å²) < 4.78 is 4.85. The van der Waals surface area contributed by atoms with E-state index in [4.69, 9.17) is 10.00 Å². The Morgan fingerprint density at radius 2 is 2.40 bits per heavy atom. The van der Waals surface area contributed by atoms with Gasteiger partial charge >= 0.3 is 5.97 Å². The van der Waals surface area contributed by atoms with Crippen LogP contribution in [-0.4, -0.2) is 11.6 Å². The average Bonchev–Trinajstić information content (AvgIpc) is 2.70. The molecule has 0 saturated heterocycles. The van der Waals surface area contributed by atoms with E-state index in [1.807, 2.05) is 6.92 Å². The van der Waals surface area contributed by atoms with Crippen LogP contribution in [0.3, 0.4) is 0 Å². The third-order valence-corrected chi connectivity index (χ3v) is 1.85. The number of rotatable bonds is 2. The Bertz CT molecular complexity index is 188. The highest BCUT2D eigenvalue weighted by atomic mass is 16.6. The number of nitrogens with zero attached hydrogens (tertiary/aromatic N) is 1. The molecule has 0 aromatic heterocycles. The molecule has 0 atom stereocenters. The summed E-state index contributed by atoms with van der Waals surface area (Å²) in [6, 6.07) is 1.43. The fourth-order valence-corrected chi connectivity index (χ4v) is 0.887. The molecule has 1 aliphatic carbocycles. The van der Waals surface area contributed by atoms with E-state index in [9.17, 15) is 4.79 Å². The Kier molecular flexibility index (Phi) is 1.62. The number of ether oxygens (including phenoxy) is 1. The predicted octanol–water partition coefficient (Wildman–Crippen LogP) is 0.996. The maximum Gasteiger partial charge on any atom is 0.411 e. The van der Waals surface area contributed by atoms with E-state index in [2.05, 4.69) is 0 Å². The zero-order valence-electron chi connectivity index (χ0n) is 5.89. The molecule has 0 N–H and O–H groups in total. The minimum atomic E-state index is -0.751. The third kappa shape index (κ3) is 1.27. The Morgan fingerprint density at radius 3 is 2.70 bits per heavy atom. The number of hydrogen-bond donors (Lipinski definition) is 0. The summed E-state index contributed by atoms with van der Waals surface area (Å²) in [4.78, 5) is 10.4. The summed E-state index contributed by atoms with van der Waals surface area (Å²) in [7, 11) is 0. The topological polar surface area (TPSA) is 50.1 Å². The second kappa shape index (κ2) is 2.30. The van der Waals surface area contributed by atoms with Gasteiger partial charge in [0, 0.05) is 0 Å². The maximum absolute atomic E-state index is 10.4. The standard InChI is InChI=1S/C7H9NO2/c1-2-7(3-4-7)10-6(9)5-8/h2-4H2,1H3. The van der Waals surface area contributed by atoms with Gasteiger partial charge in [-0.1, -0.05) is 6.92 Å². The number of nitriles is 1. The van der Waals surface area contributed by atoms with Gasteiger partial charge in [0.15, 0.2) is 6.07 Å². The highest BCUT2D eigenvalue weighted by molar-refractivity contribution is 5.86. The summed E-state index contributed by atoms with van der Waals surface area (Å²) in [5, 5.41) is 8.10. The highest BCUT2D eigenvalue weighted by Crippen LogP contribution is 2.42. The van der Waals surface area contributed by atoms with Gasteiger partial charge in [-0.25, -0.2) is 4.79 Å². The molecular formula is C7H9NO2. The van der Waals surface area contributed by atoms with Gasteiger partial charge in [-0.05, 0) is 19.3 Å². The zero-order chi connectivity index (χ0) is 7.61. The molecule has 54 valence electrons. The van der Waals surface area contributed by atoms with Crippen molar-refractivity contribution in [2.75, 3.05) is 0 Å². The van der Waals surface area contributed by atoms with E-state index in [1.165, 1.54) is 6.07 Å². The van der Waals surface area contributed by atoms with Crippen LogP contribution in [0.2, 0.25) is 0 Å². The SMILES string of the molecule is CCC1(OC(=O)C#N)CC1. The van der Waals surface area contributed by atoms with Crippen molar-refractivity contribution in [1.82, 2.24) is 0 Å². The molecule has 1 aliphatic rings. The second-order valence-electron chi connectivity index (χ2n) is 2.54. The predicted molar refractivity (Wildman–Crippen MR) is 34.0 cm³/mol. The Labute approximate surface area is 59.6 Å². The van der Waals surface area contributed by atoms with Gasteiger partial charge in [-0.15, -0.1) is 0 Å². The van der Waals surface area contributed by atoms with Gasteiger partial charge in [0.2, 0.25) is 0 Å². The first-order valence-corrected chi connectivity index (χ1v) is 3.35. The molecular weight excluding hydrogens is 130 g/mol. The van der Waals surface area contributed by atoms with Crippen molar-refractivity contribution in [3.63, 3.8) is 0 Å². The molecule has 1 saturated carbocycles. The van der Waals surface area contributed by atoms with Gasteiger partial charge in [0.25, 0.3) is 0 Å². The van der Waals surface area contributed by atoms with Gasteiger partial charge in [0.05, 0.1) is 0 Å². The van der Waals surface area contributed by atoms with Crippen LogP contribution in [0.4, 0.5) is 0 Å².